The van der Waals surface area contributed by atoms with Crippen molar-refractivity contribution < 1.29 is 9.21 Å². The number of hydrogen-bond acceptors (Lipinski definition) is 6. The Morgan fingerprint density at radius 3 is 3.05 bits per heavy atom. The first-order valence-corrected chi connectivity index (χ1v) is 6.65. The van der Waals surface area contributed by atoms with Gasteiger partial charge in [-0.05, 0) is 19.1 Å². The van der Waals surface area contributed by atoms with Gasteiger partial charge in [-0.25, -0.2) is 9.97 Å². The summed E-state index contributed by atoms with van der Waals surface area (Å²) in [5.41, 5.74) is 6.39. The predicted molar refractivity (Wildman–Crippen MR) is 72.5 cm³/mol. The van der Waals surface area contributed by atoms with Gasteiger partial charge in [-0.3, -0.25) is 4.79 Å². The Bertz CT molecular complexity index is 537. The third-order valence-corrected chi connectivity index (χ3v) is 3.07. The van der Waals surface area contributed by atoms with E-state index < -0.39 is 0 Å². The van der Waals surface area contributed by atoms with Crippen molar-refractivity contribution in [1.29, 1.82) is 0 Å². The summed E-state index contributed by atoms with van der Waals surface area (Å²) in [6.07, 6.45) is 1.57. The number of nitrogens with two attached hydrogens (primary N) is 1. The number of anilines is 1. The number of nitrogens with zero attached hydrogens (tertiary/aromatic N) is 2. The molecule has 1 amide bonds. The van der Waals surface area contributed by atoms with E-state index in [1.54, 1.807) is 24.5 Å². The first-order valence-electron chi connectivity index (χ1n) is 5.66. The normalized spacial score (nSPS) is 10.4. The molecule has 2 heterocycles. The van der Waals surface area contributed by atoms with Gasteiger partial charge < -0.3 is 15.5 Å². The minimum absolute atomic E-state index is 0.106. The zero-order valence-corrected chi connectivity index (χ0v) is 11.2. The minimum atomic E-state index is -0.106. The van der Waals surface area contributed by atoms with Gasteiger partial charge >= 0.3 is 0 Å². The van der Waals surface area contributed by atoms with Crippen molar-refractivity contribution in [2.75, 3.05) is 11.5 Å². The number of hydrogen-bond donors (Lipinski definition) is 2. The Labute approximate surface area is 114 Å². The molecule has 2 rings (SSSR count). The smallest absolute Gasteiger partial charge is 0.230 e. The summed E-state index contributed by atoms with van der Waals surface area (Å²) < 4.78 is 5.12. The maximum absolute atomic E-state index is 11.6. The average Bonchev–Trinajstić information content (AvgIpc) is 2.86. The fraction of sp³-hybridized carbons (Fsp3) is 0.250. The summed E-state index contributed by atoms with van der Waals surface area (Å²) in [6, 6.07) is 5.26. The summed E-state index contributed by atoms with van der Waals surface area (Å²) in [5.74, 6) is 1.26. The fourth-order valence-corrected chi connectivity index (χ4v) is 2.15. The zero-order chi connectivity index (χ0) is 13.7. The van der Waals surface area contributed by atoms with Crippen LogP contribution in [0.25, 0.3) is 0 Å². The van der Waals surface area contributed by atoms with Crippen molar-refractivity contribution in [3.63, 3.8) is 0 Å². The first-order chi connectivity index (χ1) is 9.13. The molecule has 0 saturated carbocycles. The monoisotopic (exact) mass is 278 g/mol. The van der Waals surface area contributed by atoms with Crippen LogP contribution in [0.1, 0.15) is 11.5 Å². The highest BCUT2D eigenvalue weighted by Crippen LogP contribution is 2.14. The third-order valence-electron chi connectivity index (χ3n) is 2.23. The van der Waals surface area contributed by atoms with E-state index in [2.05, 4.69) is 15.3 Å². The summed E-state index contributed by atoms with van der Waals surface area (Å²) in [7, 11) is 0. The molecule has 0 spiro atoms. The van der Waals surface area contributed by atoms with Crippen LogP contribution in [0.4, 0.5) is 5.82 Å². The molecule has 0 bridgehead atoms. The summed E-state index contributed by atoms with van der Waals surface area (Å²) in [4.78, 5) is 19.9. The molecule has 100 valence electrons. The molecule has 0 fully saturated rings. The fourth-order valence-electron chi connectivity index (χ4n) is 1.41. The number of carbonyl (C=O) groups excluding carboxylic acids is 1. The number of nitrogens with one attached hydrogen (secondary N) is 1. The standard InChI is InChI=1S/C12H14N4O2S/c1-8-5-10(13)16-12(15-8)19-7-11(17)14-6-9-3-2-4-18-9/h2-5H,6-7H2,1H3,(H,14,17)(H2,13,15,16). The van der Waals surface area contributed by atoms with Crippen molar-refractivity contribution in [3.8, 4) is 0 Å². The topological polar surface area (TPSA) is 94.0 Å². The second kappa shape index (κ2) is 6.24. The molecule has 3 N–H and O–H groups in total. The van der Waals surface area contributed by atoms with Crippen LogP contribution in [0, 0.1) is 6.92 Å². The van der Waals surface area contributed by atoms with Crippen molar-refractivity contribution in [2.24, 2.45) is 0 Å². The van der Waals surface area contributed by atoms with Crippen LogP contribution in [0.5, 0.6) is 0 Å². The lowest BCUT2D eigenvalue weighted by atomic mass is 10.4. The number of thioether (sulfide) groups is 1. The Kier molecular flexibility index (Phi) is 4.40. The van der Waals surface area contributed by atoms with E-state index in [-0.39, 0.29) is 11.7 Å². The van der Waals surface area contributed by atoms with Crippen molar-refractivity contribution in [2.45, 2.75) is 18.6 Å². The second-order valence-corrected chi connectivity index (χ2v) is 4.80. The molecule has 0 aromatic carbocycles. The molecular formula is C12H14N4O2S. The molecular weight excluding hydrogens is 264 g/mol. The average molecular weight is 278 g/mol. The number of nitrogen functional groups attached to an aromatic ring is 1. The molecule has 2 aromatic rings. The van der Waals surface area contributed by atoms with Gasteiger partial charge in [0.15, 0.2) is 5.16 Å². The van der Waals surface area contributed by atoms with E-state index in [1.807, 2.05) is 6.92 Å². The summed E-state index contributed by atoms with van der Waals surface area (Å²) in [5, 5.41) is 3.25. The van der Waals surface area contributed by atoms with Gasteiger partial charge in [0, 0.05) is 11.8 Å². The number of aryl methyl sites for hydroxylation is 1. The molecule has 19 heavy (non-hydrogen) atoms. The second-order valence-electron chi connectivity index (χ2n) is 3.86. The van der Waals surface area contributed by atoms with Gasteiger partial charge in [-0.15, -0.1) is 0 Å². The lowest BCUT2D eigenvalue weighted by Gasteiger charge is -2.04. The lowest BCUT2D eigenvalue weighted by molar-refractivity contribution is -0.118. The molecule has 2 aromatic heterocycles. The van der Waals surface area contributed by atoms with Crippen LogP contribution in [0.3, 0.4) is 0 Å². The van der Waals surface area contributed by atoms with Crippen LogP contribution >= 0.6 is 11.8 Å². The van der Waals surface area contributed by atoms with Crippen LogP contribution < -0.4 is 11.1 Å². The van der Waals surface area contributed by atoms with Crippen molar-refractivity contribution in [1.82, 2.24) is 15.3 Å². The first kappa shape index (κ1) is 13.4. The zero-order valence-electron chi connectivity index (χ0n) is 10.4. The largest absolute Gasteiger partial charge is 0.467 e. The van der Waals surface area contributed by atoms with Crippen LogP contribution in [-0.2, 0) is 11.3 Å². The molecule has 6 nitrogen and oxygen atoms in total. The number of aromatic nitrogens is 2. The van der Waals surface area contributed by atoms with Gasteiger partial charge in [0.05, 0.1) is 18.6 Å². The minimum Gasteiger partial charge on any atom is -0.467 e. The number of amides is 1. The van der Waals surface area contributed by atoms with E-state index in [1.165, 1.54) is 11.8 Å². The predicted octanol–water partition coefficient (Wildman–Crippen LogP) is 1.37. The Morgan fingerprint density at radius 2 is 2.37 bits per heavy atom. The van der Waals surface area contributed by atoms with Crippen LogP contribution in [0.2, 0.25) is 0 Å². The molecule has 0 aliphatic heterocycles. The summed E-state index contributed by atoms with van der Waals surface area (Å²) >= 11 is 1.25. The van der Waals surface area contributed by atoms with Gasteiger partial charge in [-0.1, -0.05) is 11.8 Å². The highest BCUT2D eigenvalue weighted by Gasteiger charge is 2.06. The van der Waals surface area contributed by atoms with Gasteiger partial charge in [0.1, 0.15) is 11.6 Å². The van der Waals surface area contributed by atoms with E-state index in [9.17, 15) is 4.79 Å². The third kappa shape index (κ3) is 4.29. The van der Waals surface area contributed by atoms with Gasteiger partial charge in [0.25, 0.3) is 0 Å². The molecule has 0 radical (unpaired) electrons. The van der Waals surface area contributed by atoms with Crippen molar-refractivity contribution >= 4 is 23.5 Å². The number of furan rings is 1. The van der Waals surface area contributed by atoms with Gasteiger partial charge in [0.2, 0.25) is 5.91 Å². The Hall–Kier alpha value is -2.02. The van der Waals surface area contributed by atoms with Crippen LogP contribution in [0.15, 0.2) is 34.0 Å². The van der Waals surface area contributed by atoms with Crippen molar-refractivity contribution in [3.05, 3.63) is 35.9 Å². The van der Waals surface area contributed by atoms with Gasteiger partial charge in [-0.2, -0.15) is 0 Å². The molecule has 0 aliphatic rings. The molecule has 0 unspecified atom stereocenters. The quantitative estimate of drug-likeness (QED) is 0.633. The maximum atomic E-state index is 11.6. The number of rotatable bonds is 5. The van der Waals surface area contributed by atoms with Crippen LogP contribution in [-0.4, -0.2) is 21.6 Å². The Balaban J connectivity index is 1.79. The lowest BCUT2D eigenvalue weighted by Crippen LogP contribution is -2.24. The molecule has 0 saturated heterocycles. The van der Waals surface area contributed by atoms with E-state index in [0.29, 0.717) is 17.5 Å². The molecule has 7 heteroatoms. The van der Waals surface area contributed by atoms with E-state index >= 15 is 0 Å². The highest BCUT2D eigenvalue weighted by molar-refractivity contribution is 7.99. The SMILES string of the molecule is Cc1cc(N)nc(SCC(=O)NCc2ccco2)n1. The summed E-state index contributed by atoms with van der Waals surface area (Å²) in [6.45, 7) is 2.21. The van der Waals surface area contributed by atoms with E-state index in [4.69, 9.17) is 10.2 Å². The maximum Gasteiger partial charge on any atom is 0.230 e. The number of carbonyl (C=O) groups is 1. The van der Waals surface area contributed by atoms with E-state index in [0.717, 1.165) is 11.5 Å². The Morgan fingerprint density at radius 1 is 1.53 bits per heavy atom. The molecule has 0 aliphatic carbocycles. The molecule has 0 atom stereocenters. The highest BCUT2D eigenvalue weighted by atomic mass is 32.2.